The van der Waals surface area contributed by atoms with Gasteiger partial charge in [-0.3, -0.25) is 0 Å². The molecule has 0 radical (unpaired) electrons. The van der Waals surface area contributed by atoms with Crippen LogP contribution in [-0.4, -0.2) is 19.2 Å². The van der Waals surface area contributed by atoms with Crippen LogP contribution in [0, 0.1) is 5.92 Å². The second-order valence-electron chi connectivity index (χ2n) is 3.78. The summed E-state index contributed by atoms with van der Waals surface area (Å²) in [5.41, 5.74) is 1.34. The van der Waals surface area contributed by atoms with Crippen LogP contribution in [0.3, 0.4) is 0 Å². The topological polar surface area (TPSA) is 21.3 Å². The minimum atomic E-state index is 0. The van der Waals surface area contributed by atoms with Gasteiger partial charge in [-0.2, -0.15) is 0 Å². The molecule has 3 rings (SSSR count). The third-order valence-corrected chi connectivity index (χ3v) is 2.99. The van der Waals surface area contributed by atoms with E-state index in [-0.39, 0.29) is 12.4 Å². The Balaban J connectivity index is 0.000000750. The molecule has 2 atom stereocenters. The molecule has 3 heteroatoms. The number of nitrogens with one attached hydrogen (secondary N) is 1. The fourth-order valence-corrected chi connectivity index (χ4v) is 2.30. The molecule has 0 amide bonds. The molecule has 2 unspecified atom stereocenters. The average molecular weight is 212 g/mol. The largest absolute Gasteiger partial charge is 0.497 e. The summed E-state index contributed by atoms with van der Waals surface area (Å²) in [6.07, 6.45) is 9.72. The smallest absolute Gasteiger partial charge is 0.105 e. The Morgan fingerprint density at radius 2 is 2.29 bits per heavy atom. The third-order valence-electron chi connectivity index (χ3n) is 2.99. The Morgan fingerprint density at radius 1 is 1.36 bits per heavy atom. The molecule has 3 aliphatic rings. The van der Waals surface area contributed by atoms with E-state index in [1.165, 1.54) is 17.8 Å². The van der Waals surface area contributed by atoms with Crippen molar-refractivity contribution in [2.45, 2.75) is 12.5 Å². The van der Waals surface area contributed by atoms with Gasteiger partial charge in [-0.15, -0.1) is 12.4 Å². The molecular weight excluding hydrogens is 198 g/mol. The first kappa shape index (κ1) is 9.81. The Morgan fingerprint density at radius 3 is 3.21 bits per heavy atom. The van der Waals surface area contributed by atoms with E-state index in [2.05, 4.69) is 29.6 Å². The molecule has 0 spiro atoms. The summed E-state index contributed by atoms with van der Waals surface area (Å²) in [7, 11) is 0. The van der Waals surface area contributed by atoms with Crippen molar-refractivity contribution in [3.8, 4) is 0 Å². The van der Waals surface area contributed by atoms with Gasteiger partial charge in [0.2, 0.25) is 0 Å². The van der Waals surface area contributed by atoms with Gasteiger partial charge in [0, 0.05) is 18.0 Å². The zero-order valence-electron chi connectivity index (χ0n) is 7.90. The maximum atomic E-state index is 5.68. The van der Waals surface area contributed by atoms with E-state index in [1.54, 1.807) is 0 Å². The molecule has 1 saturated heterocycles. The van der Waals surface area contributed by atoms with E-state index >= 15 is 0 Å². The van der Waals surface area contributed by atoms with Crippen molar-refractivity contribution in [2.24, 2.45) is 5.92 Å². The summed E-state index contributed by atoms with van der Waals surface area (Å²) in [5.74, 6) is 1.87. The standard InChI is InChI=1S/C11H13NO.ClH/c1-2-4-10-9(3-1)11-8(7-12-10)5-6-13-11;/h1-4,8,10,12H,5-7H2;1H. The van der Waals surface area contributed by atoms with Crippen molar-refractivity contribution < 1.29 is 4.74 Å². The molecule has 0 bridgehead atoms. The quantitative estimate of drug-likeness (QED) is 0.660. The summed E-state index contributed by atoms with van der Waals surface area (Å²) in [6, 6.07) is 0.398. The van der Waals surface area contributed by atoms with E-state index < -0.39 is 0 Å². The lowest BCUT2D eigenvalue weighted by Crippen LogP contribution is -2.39. The van der Waals surface area contributed by atoms with Crippen molar-refractivity contribution in [1.82, 2.24) is 5.32 Å². The first-order valence-electron chi connectivity index (χ1n) is 4.90. The summed E-state index contributed by atoms with van der Waals surface area (Å²) in [6.45, 7) is 1.97. The zero-order chi connectivity index (χ0) is 8.67. The molecule has 2 heterocycles. The van der Waals surface area contributed by atoms with Crippen LogP contribution >= 0.6 is 12.4 Å². The highest BCUT2D eigenvalue weighted by atomic mass is 35.5. The van der Waals surface area contributed by atoms with Crippen molar-refractivity contribution in [1.29, 1.82) is 0 Å². The molecular formula is C11H14ClNO. The Bertz CT molecular complexity index is 319. The van der Waals surface area contributed by atoms with Gasteiger partial charge in [-0.1, -0.05) is 24.3 Å². The number of ether oxygens (including phenoxy) is 1. The van der Waals surface area contributed by atoms with Crippen molar-refractivity contribution in [3.05, 3.63) is 35.6 Å². The summed E-state index contributed by atoms with van der Waals surface area (Å²) in [4.78, 5) is 0. The minimum absolute atomic E-state index is 0. The lowest BCUT2D eigenvalue weighted by molar-refractivity contribution is 0.248. The highest BCUT2D eigenvalue weighted by Gasteiger charge is 2.32. The lowest BCUT2D eigenvalue weighted by Gasteiger charge is -2.28. The monoisotopic (exact) mass is 211 g/mol. The van der Waals surface area contributed by atoms with Crippen LogP contribution < -0.4 is 5.32 Å². The SMILES string of the molecule is C1=CC2=C3OCCC3CNC2C=C1.Cl. The molecule has 0 aromatic carbocycles. The molecule has 2 aliphatic heterocycles. The Labute approximate surface area is 90.1 Å². The number of fused-ring (bicyclic) bond motifs is 2. The minimum Gasteiger partial charge on any atom is -0.497 e. The summed E-state index contributed by atoms with van der Waals surface area (Å²) in [5, 5.41) is 3.52. The van der Waals surface area contributed by atoms with E-state index in [1.807, 2.05) is 0 Å². The second-order valence-corrected chi connectivity index (χ2v) is 3.78. The van der Waals surface area contributed by atoms with E-state index in [9.17, 15) is 0 Å². The van der Waals surface area contributed by atoms with Crippen LogP contribution in [0.4, 0.5) is 0 Å². The normalized spacial score (nSPS) is 33.1. The van der Waals surface area contributed by atoms with Gasteiger partial charge < -0.3 is 10.1 Å². The fraction of sp³-hybridized carbons (Fsp3) is 0.455. The molecule has 14 heavy (non-hydrogen) atoms. The van der Waals surface area contributed by atoms with Gasteiger partial charge in [0.05, 0.1) is 12.6 Å². The maximum Gasteiger partial charge on any atom is 0.105 e. The molecule has 0 aromatic rings. The zero-order valence-corrected chi connectivity index (χ0v) is 8.72. The molecule has 1 N–H and O–H groups in total. The van der Waals surface area contributed by atoms with Gasteiger partial charge in [-0.25, -0.2) is 0 Å². The highest BCUT2D eigenvalue weighted by Crippen LogP contribution is 2.33. The highest BCUT2D eigenvalue weighted by molar-refractivity contribution is 5.85. The summed E-state index contributed by atoms with van der Waals surface area (Å²) >= 11 is 0. The van der Waals surface area contributed by atoms with E-state index in [0.29, 0.717) is 12.0 Å². The van der Waals surface area contributed by atoms with Crippen molar-refractivity contribution >= 4 is 12.4 Å². The first-order valence-corrected chi connectivity index (χ1v) is 4.90. The molecule has 0 saturated carbocycles. The van der Waals surface area contributed by atoms with E-state index in [4.69, 9.17) is 4.74 Å². The predicted octanol–water partition coefficient (Wildman–Crippen LogP) is 1.80. The van der Waals surface area contributed by atoms with Gasteiger partial charge in [-0.05, 0) is 6.42 Å². The molecule has 1 aliphatic carbocycles. The first-order chi connectivity index (χ1) is 6.45. The fourth-order valence-electron chi connectivity index (χ4n) is 2.30. The lowest BCUT2D eigenvalue weighted by atomic mass is 9.90. The van der Waals surface area contributed by atoms with Crippen LogP contribution in [0.15, 0.2) is 35.6 Å². The molecule has 76 valence electrons. The van der Waals surface area contributed by atoms with Crippen LogP contribution in [-0.2, 0) is 4.74 Å². The summed E-state index contributed by atoms with van der Waals surface area (Å²) < 4.78 is 5.68. The van der Waals surface area contributed by atoms with Crippen LogP contribution in [0.2, 0.25) is 0 Å². The Kier molecular flexibility index (Phi) is 2.66. The van der Waals surface area contributed by atoms with Gasteiger partial charge in [0.25, 0.3) is 0 Å². The van der Waals surface area contributed by atoms with Gasteiger partial charge in [0.1, 0.15) is 5.76 Å². The molecule has 2 nitrogen and oxygen atoms in total. The maximum absolute atomic E-state index is 5.68. The molecule has 1 fully saturated rings. The number of halogens is 1. The third kappa shape index (κ3) is 1.39. The van der Waals surface area contributed by atoms with Crippen LogP contribution in [0.25, 0.3) is 0 Å². The second kappa shape index (κ2) is 3.79. The predicted molar refractivity (Wildman–Crippen MR) is 58.4 cm³/mol. The van der Waals surface area contributed by atoms with Crippen LogP contribution in [0.5, 0.6) is 0 Å². The number of rotatable bonds is 0. The van der Waals surface area contributed by atoms with Crippen LogP contribution in [0.1, 0.15) is 6.42 Å². The van der Waals surface area contributed by atoms with Gasteiger partial charge in [0.15, 0.2) is 0 Å². The van der Waals surface area contributed by atoms with Gasteiger partial charge >= 0.3 is 0 Å². The number of hydrogen-bond acceptors (Lipinski definition) is 2. The molecule has 0 aromatic heterocycles. The van der Waals surface area contributed by atoms with E-state index in [0.717, 1.165) is 13.2 Å². The number of allylic oxidation sites excluding steroid dienone is 2. The average Bonchev–Trinajstić information content (AvgIpc) is 2.65. The Hall–Kier alpha value is -0.730. The van der Waals surface area contributed by atoms with Crippen molar-refractivity contribution in [2.75, 3.05) is 13.2 Å². The van der Waals surface area contributed by atoms with Crippen molar-refractivity contribution in [3.63, 3.8) is 0 Å². The number of hydrogen-bond donors (Lipinski definition) is 1.